The Morgan fingerprint density at radius 1 is 1.18 bits per heavy atom. The molecule has 0 spiro atoms. The summed E-state index contributed by atoms with van der Waals surface area (Å²) in [5.41, 5.74) is 8.03. The largest absolute Gasteiger partial charge is 0.320 e. The molecule has 1 aromatic heterocycles. The quantitative estimate of drug-likeness (QED) is 0.676. The summed E-state index contributed by atoms with van der Waals surface area (Å²) in [6.45, 7) is 0. The van der Waals surface area contributed by atoms with Crippen LogP contribution >= 0.6 is 66.4 Å². The highest BCUT2D eigenvalue weighted by Crippen LogP contribution is 2.39. The van der Waals surface area contributed by atoms with Gasteiger partial charge in [0.1, 0.15) is 0 Å². The maximum absolute atomic E-state index is 6.21. The van der Waals surface area contributed by atoms with Crippen LogP contribution in [0.5, 0.6) is 0 Å². The third-order valence-electron chi connectivity index (χ3n) is 2.33. The summed E-state index contributed by atoms with van der Waals surface area (Å²) in [6.07, 6.45) is 0. The van der Waals surface area contributed by atoms with Crippen molar-refractivity contribution in [3.8, 4) is 0 Å². The molecule has 0 fully saturated rings. The molecule has 0 bridgehead atoms. The standard InChI is InChI=1S/C11H7Br2Cl2NS/c12-8-4-6(11(13)17-8)10(16)5-2-1-3-7(14)9(5)15/h1-4,10H,16H2. The Labute approximate surface area is 130 Å². The van der Waals surface area contributed by atoms with E-state index < -0.39 is 0 Å². The SMILES string of the molecule is NC(c1cc(Br)sc1Br)c1cccc(Cl)c1Cl. The molecule has 2 aromatic rings. The Morgan fingerprint density at radius 3 is 2.47 bits per heavy atom. The van der Waals surface area contributed by atoms with Gasteiger partial charge in [-0.3, -0.25) is 0 Å². The number of rotatable bonds is 2. The molecular formula is C11H7Br2Cl2NS. The van der Waals surface area contributed by atoms with Crippen LogP contribution in [-0.2, 0) is 0 Å². The average Bonchev–Trinajstić information content (AvgIpc) is 2.61. The summed E-state index contributed by atoms with van der Waals surface area (Å²) in [5.74, 6) is 0. The minimum atomic E-state index is -0.293. The number of hydrogen-bond donors (Lipinski definition) is 1. The van der Waals surface area contributed by atoms with Gasteiger partial charge in [-0.05, 0) is 55.1 Å². The van der Waals surface area contributed by atoms with Gasteiger partial charge in [0, 0.05) is 0 Å². The fourth-order valence-corrected chi connectivity index (χ4v) is 4.85. The summed E-state index contributed by atoms with van der Waals surface area (Å²) in [7, 11) is 0. The fourth-order valence-electron chi connectivity index (χ4n) is 1.49. The number of benzene rings is 1. The average molecular weight is 416 g/mol. The Morgan fingerprint density at radius 2 is 1.88 bits per heavy atom. The molecule has 1 heterocycles. The van der Waals surface area contributed by atoms with Gasteiger partial charge < -0.3 is 5.73 Å². The fraction of sp³-hybridized carbons (Fsp3) is 0.0909. The molecule has 1 unspecified atom stereocenters. The molecule has 90 valence electrons. The molecule has 1 atom stereocenters. The summed E-state index contributed by atoms with van der Waals surface area (Å²) in [4.78, 5) is 0. The van der Waals surface area contributed by atoms with Crippen LogP contribution in [0, 0.1) is 0 Å². The lowest BCUT2D eigenvalue weighted by Gasteiger charge is -2.13. The van der Waals surface area contributed by atoms with Crippen molar-refractivity contribution in [2.24, 2.45) is 5.73 Å². The van der Waals surface area contributed by atoms with E-state index in [4.69, 9.17) is 28.9 Å². The van der Waals surface area contributed by atoms with Crippen LogP contribution in [0.3, 0.4) is 0 Å². The van der Waals surface area contributed by atoms with Crippen LogP contribution in [-0.4, -0.2) is 0 Å². The van der Waals surface area contributed by atoms with Crippen molar-refractivity contribution in [1.29, 1.82) is 0 Å². The lowest BCUT2D eigenvalue weighted by Crippen LogP contribution is -2.12. The zero-order valence-electron chi connectivity index (χ0n) is 8.38. The third-order valence-corrected chi connectivity index (χ3v) is 5.55. The predicted octanol–water partition coefficient (Wildman–Crippen LogP) is 5.63. The molecule has 0 aliphatic carbocycles. The first-order valence-electron chi connectivity index (χ1n) is 4.65. The van der Waals surface area contributed by atoms with Crippen molar-refractivity contribution in [3.05, 3.63) is 53.0 Å². The van der Waals surface area contributed by atoms with Gasteiger partial charge in [0.2, 0.25) is 0 Å². The zero-order valence-corrected chi connectivity index (χ0v) is 13.9. The van der Waals surface area contributed by atoms with E-state index in [2.05, 4.69) is 31.9 Å². The van der Waals surface area contributed by atoms with E-state index in [1.165, 1.54) is 0 Å². The lowest BCUT2D eigenvalue weighted by molar-refractivity contribution is 0.872. The monoisotopic (exact) mass is 413 g/mol. The van der Waals surface area contributed by atoms with Crippen LogP contribution in [0.15, 0.2) is 31.8 Å². The molecule has 2 rings (SSSR count). The second-order valence-corrected chi connectivity index (χ2v) is 7.93. The van der Waals surface area contributed by atoms with Gasteiger partial charge in [-0.2, -0.15) is 0 Å². The molecule has 0 saturated carbocycles. The first-order valence-corrected chi connectivity index (χ1v) is 7.80. The topological polar surface area (TPSA) is 26.0 Å². The predicted molar refractivity (Wildman–Crippen MR) is 82.2 cm³/mol. The van der Waals surface area contributed by atoms with Crippen LogP contribution in [0.25, 0.3) is 0 Å². The van der Waals surface area contributed by atoms with Crippen LogP contribution in [0.4, 0.5) is 0 Å². The zero-order chi connectivity index (χ0) is 12.6. The molecule has 1 nitrogen and oxygen atoms in total. The number of hydrogen-bond acceptors (Lipinski definition) is 2. The summed E-state index contributed by atoms with van der Waals surface area (Å²) >= 11 is 20.6. The van der Waals surface area contributed by atoms with Crippen molar-refractivity contribution < 1.29 is 0 Å². The molecule has 0 amide bonds. The molecule has 0 radical (unpaired) electrons. The highest BCUT2D eigenvalue weighted by atomic mass is 79.9. The van der Waals surface area contributed by atoms with E-state index in [-0.39, 0.29) is 6.04 Å². The number of halogens is 4. The summed E-state index contributed by atoms with van der Waals surface area (Å²) in [5, 5.41) is 1.03. The van der Waals surface area contributed by atoms with E-state index in [1.807, 2.05) is 18.2 Å². The van der Waals surface area contributed by atoms with Gasteiger partial charge in [-0.1, -0.05) is 35.3 Å². The Bertz CT molecular complexity index is 556. The van der Waals surface area contributed by atoms with E-state index in [1.54, 1.807) is 17.4 Å². The lowest BCUT2D eigenvalue weighted by atomic mass is 10.0. The maximum Gasteiger partial charge on any atom is 0.0761 e. The Balaban J connectivity index is 2.47. The van der Waals surface area contributed by atoms with Gasteiger partial charge in [0.15, 0.2) is 0 Å². The summed E-state index contributed by atoms with van der Waals surface area (Å²) < 4.78 is 2.01. The molecule has 0 saturated heterocycles. The maximum atomic E-state index is 6.21. The molecule has 1 aromatic carbocycles. The smallest absolute Gasteiger partial charge is 0.0761 e. The Hall–Kier alpha value is 0.420. The van der Waals surface area contributed by atoms with Crippen LogP contribution in [0.2, 0.25) is 10.0 Å². The molecule has 2 N–H and O–H groups in total. The highest BCUT2D eigenvalue weighted by Gasteiger charge is 2.18. The highest BCUT2D eigenvalue weighted by molar-refractivity contribution is 9.12. The molecule has 0 aliphatic heterocycles. The van der Waals surface area contributed by atoms with E-state index in [9.17, 15) is 0 Å². The minimum Gasteiger partial charge on any atom is -0.320 e. The van der Waals surface area contributed by atoms with Gasteiger partial charge in [0.25, 0.3) is 0 Å². The first-order chi connectivity index (χ1) is 8.00. The molecule has 17 heavy (non-hydrogen) atoms. The number of nitrogens with two attached hydrogens (primary N) is 1. The minimum absolute atomic E-state index is 0.293. The van der Waals surface area contributed by atoms with Gasteiger partial charge in [0.05, 0.1) is 23.7 Å². The van der Waals surface area contributed by atoms with Crippen LogP contribution < -0.4 is 5.73 Å². The van der Waals surface area contributed by atoms with Crippen molar-refractivity contribution in [1.82, 2.24) is 0 Å². The Kier molecular flexibility index (Phi) is 4.55. The van der Waals surface area contributed by atoms with E-state index in [0.29, 0.717) is 10.0 Å². The number of thiophene rings is 1. The second-order valence-electron chi connectivity index (χ2n) is 3.40. The molecule has 6 heteroatoms. The summed E-state index contributed by atoms with van der Waals surface area (Å²) in [6, 6.07) is 7.17. The molecular weight excluding hydrogens is 409 g/mol. The van der Waals surface area contributed by atoms with Gasteiger partial charge >= 0.3 is 0 Å². The third kappa shape index (κ3) is 2.88. The van der Waals surface area contributed by atoms with Crippen molar-refractivity contribution in [2.45, 2.75) is 6.04 Å². The van der Waals surface area contributed by atoms with Crippen molar-refractivity contribution >= 4 is 66.4 Å². The van der Waals surface area contributed by atoms with Gasteiger partial charge in [-0.25, -0.2) is 0 Å². The second kappa shape index (κ2) is 5.59. The molecule has 0 aliphatic rings. The van der Waals surface area contributed by atoms with Gasteiger partial charge in [-0.15, -0.1) is 11.3 Å². The van der Waals surface area contributed by atoms with Crippen molar-refractivity contribution in [3.63, 3.8) is 0 Å². The van der Waals surface area contributed by atoms with E-state index in [0.717, 1.165) is 18.7 Å². The van der Waals surface area contributed by atoms with E-state index >= 15 is 0 Å². The normalized spacial score (nSPS) is 12.8. The van der Waals surface area contributed by atoms with Crippen LogP contribution in [0.1, 0.15) is 17.2 Å². The van der Waals surface area contributed by atoms with Crippen molar-refractivity contribution in [2.75, 3.05) is 0 Å². The first kappa shape index (κ1) is 13.8.